The van der Waals surface area contributed by atoms with Gasteiger partial charge in [0.05, 0.1) is 11.7 Å². The largest absolute Gasteiger partial charge is 0.376 e. The number of likely N-dealkylation sites (N-methyl/N-ethyl adjacent to an activating group) is 2. The van der Waals surface area contributed by atoms with Crippen molar-refractivity contribution in [1.29, 1.82) is 0 Å². The molecule has 190 valence electrons. The normalized spacial score (nSPS) is 14.1. The molecule has 1 heterocycles. The van der Waals surface area contributed by atoms with Crippen molar-refractivity contribution in [3.8, 4) is 11.8 Å². The third-order valence-electron chi connectivity index (χ3n) is 5.80. The Kier molecular flexibility index (Phi) is 9.13. The van der Waals surface area contributed by atoms with Crippen molar-refractivity contribution in [2.45, 2.75) is 25.6 Å². The first-order chi connectivity index (χ1) is 17.3. The first kappa shape index (κ1) is 26.8. The van der Waals surface area contributed by atoms with Gasteiger partial charge in [0.15, 0.2) is 6.04 Å². The van der Waals surface area contributed by atoms with Gasteiger partial charge in [-0.1, -0.05) is 24.0 Å². The molecule has 10 heteroatoms. The van der Waals surface area contributed by atoms with E-state index in [1.54, 1.807) is 0 Å². The van der Waals surface area contributed by atoms with Crippen LogP contribution in [-0.2, 0) is 20.9 Å². The van der Waals surface area contributed by atoms with Crippen molar-refractivity contribution in [1.82, 2.24) is 20.6 Å². The Hall–Kier alpha value is -3.78. The average Bonchev–Trinajstić information content (AvgIpc) is 2.86. The number of nitrogens with one attached hydrogen (secondary N) is 2. The van der Waals surface area contributed by atoms with Gasteiger partial charge in [0, 0.05) is 51.5 Å². The van der Waals surface area contributed by atoms with Crippen LogP contribution >= 0.6 is 0 Å². The molecule has 3 N–H and O–H groups in total. The van der Waals surface area contributed by atoms with Gasteiger partial charge in [-0.15, -0.1) is 0 Å². The van der Waals surface area contributed by atoms with E-state index in [1.807, 2.05) is 31.2 Å². The summed E-state index contributed by atoms with van der Waals surface area (Å²) >= 11 is 0. The second-order valence-corrected chi connectivity index (χ2v) is 8.32. The van der Waals surface area contributed by atoms with Gasteiger partial charge < -0.3 is 15.0 Å². The molecule has 1 aliphatic rings. The van der Waals surface area contributed by atoms with Gasteiger partial charge in [0.25, 0.3) is 17.7 Å². The molecular formula is C26H29FN4O5. The van der Waals surface area contributed by atoms with Crippen LogP contribution in [0.2, 0.25) is 0 Å². The summed E-state index contributed by atoms with van der Waals surface area (Å²) in [6.45, 7) is 5.39. The highest BCUT2D eigenvalue weighted by Gasteiger charge is 2.33. The standard InChI is InChI=1S/C26H29FN4O5/c1-4-36-21-15-31(16-21)14-18-7-5-17(6-8-18)9-10-19-11-12-20(13-22(19)27)26(34)30(3)23(24(32)28-2)25(33)29-35/h5-8,11-13,21,23,35H,4,14-16H2,1-3H3,(H,28,32)(H,29,33). The van der Waals surface area contributed by atoms with E-state index in [9.17, 15) is 18.8 Å². The molecule has 0 saturated carbocycles. The summed E-state index contributed by atoms with van der Waals surface area (Å²) < 4.78 is 20.2. The first-order valence-electron chi connectivity index (χ1n) is 11.4. The lowest BCUT2D eigenvalue weighted by Gasteiger charge is -2.38. The van der Waals surface area contributed by atoms with E-state index in [1.165, 1.54) is 31.7 Å². The summed E-state index contributed by atoms with van der Waals surface area (Å²) in [5.41, 5.74) is 3.24. The van der Waals surface area contributed by atoms with Crippen LogP contribution in [0.1, 0.15) is 34.0 Å². The summed E-state index contributed by atoms with van der Waals surface area (Å²) in [6.07, 6.45) is 0.314. The van der Waals surface area contributed by atoms with E-state index < -0.39 is 29.6 Å². The molecule has 9 nitrogen and oxygen atoms in total. The number of carbonyl (C=O) groups is 3. The molecule has 1 unspecified atom stereocenters. The number of carbonyl (C=O) groups excluding carboxylic acids is 3. The van der Waals surface area contributed by atoms with Crippen LogP contribution < -0.4 is 10.8 Å². The average molecular weight is 497 g/mol. The minimum atomic E-state index is -1.63. The topological polar surface area (TPSA) is 111 Å². The second kappa shape index (κ2) is 12.3. The number of halogens is 1. The maximum atomic E-state index is 14.7. The molecule has 0 radical (unpaired) electrons. The molecule has 1 aliphatic heterocycles. The van der Waals surface area contributed by atoms with Crippen molar-refractivity contribution < 1.29 is 28.7 Å². The summed E-state index contributed by atoms with van der Waals surface area (Å²) in [4.78, 5) is 39.7. The molecule has 1 atom stereocenters. The highest BCUT2D eigenvalue weighted by molar-refractivity contribution is 6.08. The number of rotatable bonds is 8. The highest BCUT2D eigenvalue weighted by Crippen LogP contribution is 2.17. The quantitative estimate of drug-likeness (QED) is 0.219. The Morgan fingerprint density at radius 2 is 1.86 bits per heavy atom. The number of hydroxylamine groups is 1. The number of hydrogen-bond donors (Lipinski definition) is 3. The molecule has 1 fully saturated rings. The lowest BCUT2D eigenvalue weighted by molar-refractivity contribution is -0.140. The van der Waals surface area contributed by atoms with E-state index in [0.717, 1.165) is 48.3 Å². The van der Waals surface area contributed by atoms with E-state index in [0.29, 0.717) is 6.10 Å². The first-order valence-corrected chi connectivity index (χ1v) is 11.4. The van der Waals surface area contributed by atoms with Crippen LogP contribution in [0.3, 0.4) is 0 Å². The fourth-order valence-electron chi connectivity index (χ4n) is 3.82. The zero-order chi connectivity index (χ0) is 26.2. The van der Waals surface area contributed by atoms with Crippen LogP contribution in [0.15, 0.2) is 42.5 Å². The molecule has 0 aliphatic carbocycles. The van der Waals surface area contributed by atoms with Crippen LogP contribution in [-0.4, -0.2) is 78.7 Å². The number of benzene rings is 2. The molecule has 3 rings (SSSR count). The van der Waals surface area contributed by atoms with Crippen molar-refractivity contribution in [2.75, 3.05) is 33.8 Å². The predicted molar refractivity (Wildman–Crippen MR) is 129 cm³/mol. The van der Waals surface area contributed by atoms with Crippen LogP contribution in [0, 0.1) is 17.7 Å². The third-order valence-corrected chi connectivity index (χ3v) is 5.80. The van der Waals surface area contributed by atoms with E-state index >= 15 is 0 Å². The summed E-state index contributed by atoms with van der Waals surface area (Å²) in [7, 11) is 2.48. The molecule has 3 amide bonds. The number of hydrogen-bond acceptors (Lipinski definition) is 6. The fourth-order valence-corrected chi connectivity index (χ4v) is 3.82. The van der Waals surface area contributed by atoms with Gasteiger partial charge in [-0.25, -0.2) is 9.87 Å². The number of likely N-dealkylation sites (tertiary alicyclic amines) is 1. The van der Waals surface area contributed by atoms with Crippen molar-refractivity contribution >= 4 is 17.7 Å². The van der Waals surface area contributed by atoms with Crippen LogP contribution in [0.5, 0.6) is 0 Å². The molecule has 0 bridgehead atoms. The van der Waals surface area contributed by atoms with Crippen LogP contribution in [0.25, 0.3) is 0 Å². The van der Waals surface area contributed by atoms with Gasteiger partial charge in [0.1, 0.15) is 5.82 Å². The SMILES string of the molecule is CCOC1CN(Cc2ccc(C#Cc3ccc(C(=O)N(C)C(C(=O)NC)C(=O)NO)cc3F)cc2)C1. The molecule has 1 saturated heterocycles. The zero-order valence-corrected chi connectivity index (χ0v) is 20.4. The Balaban J connectivity index is 1.65. The number of ether oxygens (including phenoxy) is 1. The van der Waals surface area contributed by atoms with Crippen molar-refractivity contribution in [3.63, 3.8) is 0 Å². The highest BCUT2D eigenvalue weighted by atomic mass is 19.1. The lowest BCUT2D eigenvalue weighted by Crippen LogP contribution is -2.54. The van der Waals surface area contributed by atoms with Crippen molar-refractivity contribution in [3.05, 3.63) is 70.5 Å². The van der Waals surface area contributed by atoms with Gasteiger partial charge >= 0.3 is 0 Å². The lowest BCUT2D eigenvalue weighted by atomic mass is 10.1. The maximum Gasteiger partial charge on any atom is 0.275 e. The summed E-state index contributed by atoms with van der Waals surface area (Å²) in [5.74, 6) is 2.27. The predicted octanol–water partition coefficient (Wildman–Crippen LogP) is 1.14. The van der Waals surface area contributed by atoms with Gasteiger partial charge in [-0.05, 0) is 42.8 Å². The molecule has 36 heavy (non-hydrogen) atoms. The monoisotopic (exact) mass is 496 g/mol. The fraction of sp³-hybridized carbons (Fsp3) is 0.346. The molecule has 0 spiro atoms. The Bertz CT molecular complexity index is 1150. The smallest absolute Gasteiger partial charge is 0.275 e. The molecule has 2 aromatic rings. The Labute approximate surface area is 209 Å². The van der Waals surface area contributed by atoms with E-state index in [-0.39, 0.29) is 11.1 Å². The minimum Gasteiger partial charge on any atom is -0.376 e. The summed E-state index contributed by atoms with van der Waals surface area (Å²) in [5, 5.41) is 11.1. The Morgan fingerprint density at radius 1 is 1.17 bits per heavy atom. The molecule has 2 aromatic carbocycles. The zero-order valence-electron chi connectivity index (χ0n) is 20.4. The molecule has 0 aromatic heterocycles. The maximum absolute atomic E-state index is 14.7. The second-order valence-electron chi connectivity index (χ2n) is 8.32. The summed E-state index contributed by atoms with van der Waals surface area (Å²) in [6, 6.07) is 9.79. The number of amides is 3. The molecular weight excluding hydrogens is 467 g/mol. The van der Waals surface area contributed by atoms with Crippen LogP contribution in [0.4, 0.5) is 4.39 Å². The number of nitrogens with zero attached hydrogens (tertiary/aromatic N) is 2. The van der Waals surface area contributed by atoms with Gasteiger partial charge in [-0.2, -0.15) is 0 Å². The Morgan fingerprint density at radius 3 is 2.44 bits per heavy atom. The van der Waals surface area contributed by atoms with Crippen molar-refractivity contribution in [2.24, 2.45) is 0 Å². The minimum absolute atomic E-state index is 0.0814. The van der Waals surface area contributed by atoms with Gasteiger partial charge in [0.2, 0.25) is 0 Å². The van der Waals surface area contributed by atoms with E-state index in [4.69, 9.17) is 9.94 Å². The van der Waals surface area contributed by atoms with E-state index in [2.05, 4.69) is 22.1 Å². The van der Waals surface area contributed by atoms with Gasteiger partial charge in [-0.3, -0.25) is 24.5 Å². The third kappa shape index (κ3) is 6.46.